The third-order valence-corrected chi connectivity index (χ3v) is 4.72. The summed E-state index contributed by atoms with van der Waals surface area (Å²) in [5.74, 6) is -0.269. The smallest absolute Gasteiger partial charge is 0.325 e. The lowest BCUT2D eigenvalue weighted by Crippen LogP contribution is -2.58. The molecule has 0 heterocycles. The average molecular weight is 256 g/mol. The molecule has 0 aromatic rings. The van der Waals surface area contributed by atoms with Gasteiger partial charge in [-0.15, -0.1) is 0 Å². The highest BCUT2D eigenvalue weighted by Gasteiger charge is 2.43. The highest BCUT2D eigenvalue weighted by atomic mass is 16.5. The van der Waals surface area contributed by atoms with E-state index in [-0.39, 0.29) is 11.5 Å². The van der Waals surface area contributed by atoms with Crippen molar-refractivity contribution < 1.29 is 9.53 Å². The normalized spacial score (nSPS) is 29.4. The zero-order valence-electron chi connectivity index (χ0n) is 12.5. The first-order valence-corrected chi connectivity index (χ1v) is 6.87. The van der Waals surface area contributed by atoms with Gasteiger partial charge in [0.1, 0.15) is 5.54 Å². The van der Waals surface area contributed by atoms with E-state index >= 15 is 0 Å². The number of ether oxygens (including phenoxy) is 1. The van der Waals surface area contributed by atoms with Gasteiger partial charge in [-0.1, -0.05) is 6.92 Å². The van der Waals surface area contributed by atoms with Crippen LogP contribution in [-0.4, -0.2) is 42.1 Å². The first-order chi connectivity index (χ1) is 8.27. The number of rotatable bonds is 4. The molecule has 0 amide bonds. The molecule has 18 heavy (non-hydrogen) atoms. The van der Waals surface area contributed by atoms with Crippen LogP contribution in [0.15, 0.2) is 0 Å². The summed E-state index contributed by atoms with van der Waals surface area (Å²) in [6, 6.07) is 0.359. The zero-order valence-corrected chi connectivity index (χ0v) is 12.5. The Morgan fingerprint density at radius 3 is 2.67 bits per heavy atom. The molecule has 1 aliphatic rings. The first-order valence-electron chi connectivity index (χ1n) is 6.87. The van der Waals surface area contributed by atoms with Crippen molar-refractivity contribution >= 4 is 5.97 Å². The van der Waals surface area contributed by atoms with E-state index in [2.05, 4.69) is 32.7 Å². The minimum atomic E-state index is -0.796. The third kappa shape index (κ3) is 3.04. The molecule has 0 bridgehead atoms. The molecule has 0 spiro atoms. The number of methoxy groups -OCH3 is 1. The Balaban J connectivity index is 2.78. The van der Waals surface area contributed by atoms with Crippen molar-refractivity contribution in [2.75, 3.05) is 14.2 Å². The molecule has 2 atom stereocenters. The van der Waals surface area contributed by atoms with E-state index in [9.17, 15) is 4.79 Å². The molecule has 0 aromatic heterocycles. The van der Waals surface area contributed by atoms with Gasteiger partial charge in [-0.3, -0.25) is 9.69 Å². The van der Waals surface area contributed by atoms with Crippen molar-refractivity contribution in [1.82, 2.24) is 4.90 Å². The van der Waals surface area contributed by atoms with Crippen LogP contribution in [0.25, 0.3) is 0 Å². The van der Waals surface area contributed by atoms with E-state index in [1.165, 1.54) is 7.11 Å². The van der Waals surface area contributed by atoms with E-state index in [0.29, 0.717) is 12.5 Å². The first kappa shape index (κ1) is 15.4. The van der Waals surface area contributed by atoms with Crippen LogP contribution in [0.4, 0.5) is 0 Å². The summed E-state index contributed by atoms with van der Waals surface area (Å²) in [5.41, 5.74) is 5.57. The summed E-state index contributed by atoms with van der Waals surface area (Å²) in [6.07, 6.45) is 4.60. The van der Waals surface area contributed by atoms with Gasteiger partial charge in [-0.25, -0.2) is 0 Å². The summed E-state index contributed by atoms with van der Waals surface area (Å²) in [5, 5.41) is 0. The molecule has 1 aliphatic carbocycles. The van der Waals surface area contributed by atoms with Crippen molar-refractivity contribution in [3.8, 4) is 0 Å². The van der Waals surface area contributed by atoms with E-state index in [1.54, 1.807) is 0 Å². The number of hydrogen-bond acceptors (Lipinski definition) is 4. The van der Waals surface area contributed by atoms with Crippen LogP contribution in [0.3, 0.4) is 0 Å². The minimum Gasteiger partial charge on any atom is -0.468 e. The van der Waals surface area contributed by atoms with Gasteiger partial charge < -0.3 is 10.5 Å². The van der Waals surface area contributed by atoms with Crippen LogP contribution in [0.2, 0.25) is 0 Å². The predicted octanol–water partition coefficient (Wildman–Crippen LogP) is 1.92. The van der Waals surface area contributed by atoms with E-state index in [4.69, 9.17) is 10.5 Å². The maximum Gasteiger partial charge on any atom is 0.325 e. The van der Waals surface area contributed by atoms with E-state index in [0.717, 1.165) is 25.7 Å². The highest BCUT2D eigenvalue weighted by molar-refractivity contribution is 5.80. The summed E-state index contributed by atoms with van der Waals surface area (Å²) in [6.45, 7) is 6.66. The SMILES string of the molecule is CCC(C)(C)N(C)C1CCCC(N)(C(=O)OC)C1. The lowest BCUT2D eigenvalue weighted by Gasteiger charge is -2.46. The summed E-state index contributed by atoms with van der Waals surface area (Å²) >= 11 is 0. The predicted molar refractivity (Wildman–Crippen MR) is 73.3 cm³/mol. The van der Waals surface area contributed by atoms with Crippen molar-refractivity contribution in [3.05, 3.63) is 0 Å². The molecule has 1 fully saturated rings. The number of esters is 1. The number of carbonyl (C=O) groups is 1. The molecule has 4 nitrogen and oxygen atoms in total. The monoisotopic (exact) mass is 256 g/mol. The Morgan fingerprint density at radius 2 is 2.17 bits per heavy atom. The van der Waals surface area contributed by atoms with Crippen LogP contribution in [0.1, 0.15) is 52.9 Å². The maximum absolute atomic E-state index is 11.8. The van der Waals surface area contributed by atoms with Crippen LogP contribution in [0.5, 0.6) is 0 Å². The van der Waals surface area contributed by atoms with Gasteiger partial charge in [0.05, 0.1) is 7.11 Å². The molecular weight excluding hydrogens is 228 g/mol. The second kappa shape index (κ2) is 5.57. The Hall–Kier alpha value is -0.610. The van der Waals surface area contributed by atoms with Crippen LogP contribution in [-0.2, 0) is 9.53 Å². The summed E-state index contributed by atoms with van der Waals surface area (Å²) in [4.78, 5) is 14.2. The van der Waals surface area contributed by atoms with Gasteiger partial charge in [0.2, 0.25) is 0 Å². The van der Waals surface area contributed by atoms with Crippen molar-refractivity contribution in [2.24, 2.45) is 5.73 Å². The molecule has 4 heteroatoms. The van der Waals surface area contributed by atoms with Crippen molar-refractivity contribution in [3.63, 3.8) is 0 Å². The Bertz CT molecular complexity index is 304. The van der Waals surface area contributed by atoms with Gasteiger partial charge in [-0.2, -0.15) is 0 Å². The fourth-order valence-electron chi connectivity index (χ4n) is 2.74. The van der Waals surface area contributed by atoms with E-state index < -0.39 is 5.54 Å². The van der Waals surface area contributed by atoms with E-state index in [1.807, 2.05) is 0 Å². The third-order valence-electron chi connectivity index (χ3n) is 4.72. The average Bonchev–Trinajstić information content (AvgIpc) is 2.36. The number of nitrogens with zero attached hydrogens (tertiary/aromatic N) is 1. The Kier molecular flexibility index (Phi) is 4.78. The van der Waals surface area contributed by atoms with Crippen LogP contribution < -0.4 is 5.73 Å². The summed E-state index contributed by atoms with van der Waals surface area (Å²) in [7, 11) is 3.55. The molecule has 106 valence electrons. The van der Waals surface area contributed by atoms with Crippen molar-refractivity contribution in [2.45, 2.75) is 70.0 Å². The quantitative estimate of drug-likeness (QED) is 0.781. The molecule has 1 saturated carbocycles. The molecule has 2 N–H and O–H groups in total. The largest absolute Gasteiger partial charge is 0.468 e. The van der Waals surface area contributed by atoms with Gasteiger partial charge in [0, 0.05) is 11.6 Å². The summed E-state index contributed by atoms with van der Waals surface area (Å²) < 4.78 is 4.85. The fraction of sp³-hybridized carbons (Fsp3) is 0.929. The lowest BCUT2D eigenvalue weighted by molar-refractivity contribution is -0.149. The number of carbonyl (C=O) groups excluding carboxylic acids is 1. The Labute approximate surface area is 111 Å². The number of hydrogen-bond donors (Lipinski definition) is 1. The molecular formula is C14H28N2O2. The lowest BCUT2D eigenvalue weighted by atomic mass is 9.78. The van der Waals surface area contributed by atoms with Gasteiger partial charge >= 0.3 is 5.97 Å². The Morgan fingerprint density at radius 1 is 1.56 bits per heavy atom. The zero-order chi connectivity index (χ0) is 14.0. The van der Waals surface area contributed by atoms with Crippen LogP contribution >= 0.6 is 0 Å². The number of nitrogens with two attached hydrogens (primary N) is 1. The topological polar surface area (TPSA) is 55.6 Å². The van der Waals surface area contributed by atoms with Gasteiger partial charge in [0.25, 0.3) is 0 Å². The second-order valence-electron chi connectivity index (χ2n) is 6.17. The standard InChI is InChI=1S/C14H28N2O2/c1-6-13(2,3)16(4)11-8-7-9-14(15,10-11)12(17)18-5/h11H,6-10,15H2,1-5H3. The molecule has 0 saturated heterocycles. The molecule has 0 radical (unpaired) electrons. The van der Waals surface area contributed by atoms with Crippen LogP contribution in [0, 0.1) is 0 Å². The molecule has 2 unspecified atom stereocenters. The fourth-order valence-corrected chi connectivity index (χ4v) is 2.74. The maximum atomic E-state index is 11.8. The second-order valence-corrected chi connectivity index (χ2v) is 6.17. The highest BCUT2D eigenvalue weighted by Crippen LogP contribution is 2.33. The molecule has 0 aromatic carbocycles. The van der Waals surface area contributed by atoms with Gasteiger partial charge in [-0.05, 0) is 53.0 Å². The molecule has 0 aliphatic heterocycles. The van der Waals surface area contributed by atoms with Gasteiger partial charge in [0.15, 0.2) is 0 Å². The molecule has 1 rings (SSSR count). The van der Waals surface area contributed by atoms with Crippen molar-refractivity contribution in [1.29, 1.82) is 0 Å². The minimum absolute atomic E-state index is 0.138.